The van der Waals surface area contributed by atoms with Crippen molar-refractivity contribution in [3.63, 3.8) is 0 Å². The Morgan fingerprint density at radius 3 is 2.93 bits per heavy atom. The van der Waals surface area contributed by atoms with E-state index in [0.717, 1.165) is 22.9 Å². The summed E-state index contributed by atoms with van der Waals surface area (Å²) in [6.07, 6.45) is 3.61. The first kappa shape index (κ1) is 17.6. The van der Waals surface area contributed by atoms with Crippen molar-refractivity contribution in [1.29, 1.82) is 5.26 Å². The number of halogens is 1. The predicted molar refractivity (Wildman–Crippen MR) is 103 cm³/mol. The zero-order valence-corrected chi connectivity index (χ0v) is 16.0. The van der Waals surface area contributed by atoms with Gasteiger partial charge in [0.05, 0.1) is 24.3 Å². The summed E-state index contributed by atoms with van der Waals surface area (Å²) in [5.74, 6) is 1.17. The smallest absolute Gasteiger partial charge is 0.182 e. The van der Waals surface area contributed by atoms with Crippen molar-refractivity contribution in [2.24, 2.45) is 0 Å². The average Bonchev–Trinajstić information content (AvgIpc) is 3.10. The lowest BCUT2D eigenvalue weighted by Crippen LogP contribution is -2.33. The van der Waals surface area contributed by atoms with Gasteiger partial charge in [-0.1, -0.05) is 28.1 Å². The molecule has 8 heteroatoms. The van der Waals surface area contributed by atoms with Crippen LogP contribution in [0.2, 0.25) is 0 Å². The van der Waals surface area contributed by atoms with Gasteiger partial charge in [0.1, 0.15) is 17.8 Å². The van der Waals surface area contributed by atoms with E-state index < -0.39 is 0 Å². The molecule has 0 bridgehead atoms. The number of nitriles is 1. The highest BCUT2D eigenvalue weighted by molar-refractivity contribution is 9.10. The van der Waals surface area contributed by atoms with Gasteiger partial charge >= 0.3 is 0 Å². The van der Waals surface area contributed by atoms with Gasteiger partial charge in [0, 0.05) is 10.5 Å². The molecule has 0 aliphatic heterocycles. The molecular weight excluding hydrogens is 408 g/mol. The minimum atomic E-state index is 0.147. The van der Waals surface area contributed by atoms with Gasteiger partial charge in [0.15, 0.2) is 5.82 Å². The van der Waals surface area contributed by atoms with Crippen LogP contribution < -0.4 is 5.73 Å². The summed E-state index contributed by atoms with van der Waals surface area (Å²) in [4.78, 5) is 4.33. The second-order valence-electron chi connectivity index (χ2n) is 6.48. The summed E-state index contributed by atoms with van der Waals surface area (Å²) in [6, 6.07) is 13.6. The van der Waals surface area contributed by atoms with Crippen molar-refractivity contribution >= 4 is 21.7 Å². The van der Waals surface area contributed by atoms with Crippen LogP contribution in [-0.2, 0) is 11.3 Å². The van der Waals surface area contributed by atoms with Crippen LogP contribution in [0, 0.1) is 11.3 Å². The summed E-state index contributed by atoms with van der Waals surface area (Å²) in [5.41, 5.74) is 8.02. The Bertz CT molecular complexity index is 1010. The van der Waals surface area contributed by atoms with Crippen LogP contribution in [0.25, 0.3) is 11.5 Å². The van der Waals surface area contributed by atoms with Gasteiger partial charge < -0.3 is 15.0 Å². The summed E-state index contributed by atoms with van der Waals surface area (Å²) in [7, 11) is 0. The molecule has 4 rings (SSSR count). The van der Waals surface area contributed by atoms with Crippen molar-refractivity contribution in [3.05, 3.63) is 58.3 Å². The molecule has 1 fully saturated rings. The number of nitrogens with two attached hydrogens (primary N) is 1. The molecule has 1 aliphatic carbocycles. The largest absolute Gasteiger partial charge is 0.384 e. The highest BCUT2D eigenvalue weighted by Crippen LogP contribution is 2.37. The number of anilines is 1. The second-order valence-corrected chi connectivity index (χ2v) is 7.40. The van der Waals surface area contributed by atoms with Gasteiger partial charge in [-0.25, -0.2) is 4.98 Å². The molecule has 1 aliphatic rings. The molecule has 0 atom stereocenters. The first-order chi connectivity index (χ1) is 13.1. The standard InChI is InChI=1S/C19H17BrN6O/c20-14-5-4-12(13(6-14)9-21)10-27-16-7-15(8-16)26-11-23-25-19(26)17-2-1-3-18(22)24-17/h1-6,11,15-16H,7-8,10H2,(H2,22,24). The number of nitrogens with zero attached hydrogens (tertiary/aromatic N) is 5. The van der Waals surface area contributed by atoms with Gasteiger partial charge in [0.2, 0.25) is 0 Å². The quantitative estimate of drug-likeness (QED) is 0.672. The van der Waals surface area contributed by atoms with Gasteiger partial charge in [0.25, 0.3) is 0 Å². The van der Waals surface area contributed by atoms with E-state index in [1.165, 1.54) is 0 Å². The SMILES string of the molecule is N#Cc1cc(Br)ccc1COC1CC(n2cnnc2-c2cccc(N)n2)C1. The fourth-order valence-corrected chi connectivity index (χ4v) is 3.52. The number of rotatable bonds is 5. The molecule has 27 heavy (non-hydrogen) atoms. The maximum Gasteiger partial charge on any atom is 0.182 e. The van der Waals surface area contributed by atoms with E-state index >= 15 is 0 Å². The number of hydrogen-bond acceptors (Lipinski definition) is 6. The van der Waals surface area contributed by atoms with Crippen molar-refractivity contribution < 1.29 is 4.74 Å². The minimum Gasteiger partial charge on any atom is -0.384 e. The van der Waals surface area contributed by atoms with Crippen LogP contribution in [0.5, 0.6) is 0 Å². The summed E-state index contributed by atoms with van der Waals surface area (Å²) < 4.78 is 8.90. The number of benzene rings is 1. The van der Waals surface area contributed by atoms with E-state index in [1.54, 1.807) is 12.4 Å². The fourth-order valence-electron chi connectivity index (χ4n) is 3.16. The highest BCUT2D eigenvalue weighted by atomic mass is 79.9. The van der Waals surface area contributed by atoms with Crippen molar-refractivity contribution in [1.82, 2.24) is 19.7 Å². The van der Waals surface area contributed by atoms with Crippen LogP contribution in [0.15, 0.2) is 47.2 Å². The molecule has 0 unspecified atom stereocenters. The molecule has 0 spiro atoms. The van der Waals surface area contributed by atoms with E-state index in [-0.39, 0.29) is 12.1 Å². The number of hydrogen-bond donors (Lipinski definition) is 1. The topological polar surface area (TPSA) is 103 Å². The van der Waals surface area contributed by atoms with Gasteiger partial charge in [-0.3, -0.25) is 0 Å². The third kappa shape index (κ3) is 3.70. The molecular formula is C19H17BrN6O. The van der Waals surface area contributed by atoms with Gasteiger partial charge in [-0.15, -0.1) is 10.2 Å². The number of aromatic nitrogens is 4. The fraction of sp³-hybridized carbons (Fsp3) is 0.263. The van der Waals surface area contributed by atoms with Crippen LogP contribution in [0.3, 0.4) is 0 Å². The van der Waals surface area contributed by atoms with Crippen molar-refractivity contribution in [2.75, 3.05) is 5.73 Å². The number of nitrogen functional groups attached to an aromatic ring is 1. The predicted octanol–water partition coefficient (Wildman–Crippen LogP) is 3.48. The van der Waals surface area contributed by atoms with E-state index in [1.807, 2.05) is 34.9 Å². The minimum absolute atomic E-state index is 0.147. The zero-order valence-electron chi connectivity index (χ0n) is 14.4. The number of pyridine rings is 1. The second kappa shape index (κ2) is 7.47. The zero-order chi connectivity index (χ0) is 18.8. The maximum absolute atomic E-state index is 9.25. The monoisotopic (exact) mass is 424 g/mol. The molecule has 0 radical (unpaired) electrons. The highest BCUT2D eigenvalue weighted by Gasteiger charge is 2.33. The first-order valence-electron chi connectivity index (χ1n) is 8.56. The van der Waals surface area contributed by atoms with Crippen LogP contribution in [0.1, 0.15) is 30.0 Å². The van der Waals surface area contributed by atoms with Crippen molar-refractivity contribution in [3.8, 4) is 17.6 Å². The third-order valence-electron chi connectivity index (χ3n) is 4.70. The third-order valence-corrected chi connectivity index (χ3v) is 5.20. The molecule has 0 saturated heterocycles. The molecule has 7 nitrogen and oxygen atoms in total. The van der Waals surface area contributed by atoms with Crippen LogP contribution in [0.4, 0.5) is 5.82 Å². The molecule has 1 saturated carbocycles. The molecule has 1 aromatic carbocycles. The lowest BCUT2D eigenvalue weighted by molar-refractivity contribution is -0.0354. The van der Waals surface area contributed by atoms with Gasteiger partial charge in [-0.05, 0) is 42.7 Å². The molecule has 0 amide bonds. The Morgan fingerprint density at radius 1 is 1.30 bits per heavy atom. The molecule has 3 aromatic rings. The normalized spacial score (nSPS) is 18.7. The van der Waals surface area contributed by atoms with Crippen LogP contribution >= 0.6 is 15.9 Å². The molecule has 2 heterocycles. The summed E-state index contributed by atoms with van der Waals surface area (Å²) in [6.45, 7) is 0.430. The van der Waals surface area contributed by atoms with Gasteiger partial charge in [-0.2, -0.15) is 5.26 Å². The van der Waals surface area contributed by atoms with E-state index in [0.29, 0.717) is 29.5 Å². The summed E-state index contributed by atoms with van der Waals surface area (Å²) >= 11 is 3.38. The van der Waals surface area contributed by atoms with E-state index in [4.69, 9.17) is 10.5 Å². The van der Waals surface area contributed by atoms with Crippen molar-refractivity contribution in [2.45, 2.75) is 31.6 Å². The molecule has 2 N–H and O–H groups in total. The first-order valence-corrected chi connectivity index (χ1v) is 9.36. The Balaban J connectivity index is 1.39. The average molecular weight is 425 g/mol. The maximum atomic E-state index is 9.25. The Kier molecular flexibility index (Phi) is 4.88. The Morgan fingerprint density at radius 2 is 2.15 bits per heavy atom. The molecule has 136 valence electrons. The number of ether oxygens (including phenoxy) is 1. The Hall–Kier alpha value is -2.76. The lowest BCUT2D eigenvalue weighted by atomic mass is 9.88. The lowest BCUT2D eigenvalue weighted by Gasteiger charge is -2.36. The van der Waals surface area contributed by atoms with E-state index in [9.17, 15) is 5.26 Å². The molecule has 2 aromatic heterocycles. The summed E-state index contributed by atoms with van der Waals surface area (Å²) in [5, 5.41) is 17.5. The van der Waals surface area contributed by atoms with Crippen LogP contribution in [-0.4, -0.2) is 25.9 Å². The Labute approximate surface area is 164 Å². The van der Waals surface area contributed by atoms with E-state index in [2.05, 4.69) is 37.2 Å².